The van der Waals surface area contributed by atoms with Crippen LogP contribution in [-0.2, 0) is 9.59 Å². The van der Waals surface area contributed by atoms with Crippen molar-refractivity contribution in [2.75, 3.05) is 26.2 Å². The van der Waals surface area contributed by atoms with Gasteiger partial charge >= 0.3 is 5.97 Å². The lowest BCUT2D eigenvalue weighted by molar-refractivity contribution is -0.150. The van der Waals surface area contributed by atoms with Gasteiger partial charge in [-0.25, -0.2) is 0 Å². The third kappa shape index (κ3) is 2.93. The Balaban J connectivity index is 2.12. The lowest BCUT2D eigenvalue weighted by Crippen LogP contribution is -2.49. The van der Waals surface area contributed by atoms with Gasteiger partial charge in [-0.15, -0.1) is 0 Å². The molecule has 2 rings (SSSR count). The van der Waals surface area contributed by atoms with Crippen molar-refractivity contribution in [2.24, 2.45) is 10.8 Å². The van der Waals surface area contributed by atoms with E-state index >= 15 is 0 Å². The summed E-state index contributed by atoms with van der Waals surface area (Å²) in [5, 5.41) is 12.9. The van der Waals surface area contributed by atoms with Crippen LogP contribution in [0.4, 0.5) is 0 Å². The molecule has 2 fully saturated rings. The van der Waals surface area contributed by atoms with E-state index in [0.29, 0.717) is 25.9 Å². The number of carbonyl (C=O) groups is 2. The van der Waals surface area contributed by atoms with Gasteiger partial charge in [0.05, 0.1) is 10.8 Å². The Bertz CT molecular complexity index is 404. The van der Waals surface area contributed by atoms with Gasteiger partial charge in [0.2, 0.25) is 5.91 Å². The SMILES string of the molecule is CCCC1(C(=O)O)CCN(C(=O)C2(CC)CCNCC2)C1. The Morgan fingerprint density at radius 3 is 2.33 bits per heavy atom. The molecule has 1 amide bonds. The van der Waals surface area contributed by atoms with Crippen LogP contribution in [0.2, 0.25) is 0 Å². The third-order valence-corrected chi connectivity index (χ3v) is 5.51. The number of rotatable bonds is 5. The van der Waals surface area contributed by atoms with Crippen molar-refractivity contribution in [3.8, 4) is 0 Å². The van der Waals surface area contributed by atoms with Crippen molar-refractivity contribution in [1.82, 2.24) is 10.2 Å². The second kappa shape index (κ2) is 6.34. The molecule has 5 heteroatoms. The molecule has 0 bridgehead atoms. The first-order valence-corrected chi connectivity index (χ1v) is 8.23. The van der Waals surface area contributed by atoms with Crippen molar-refractivity contribution >= 4 is 11.9 Å². The van der Waals surface area contributed by atoms with Gasteiger partial charge in [0.25, 0.3) is 0 Å². The molecule has 2 heterocycles. The van der Waals surface area contributed by atoms with Crippen LogP contribution in [-0.4, -0.2) is 48.1 Å². The van der Waals surface area contributed by atoms with Gasteiger partial charge in [0, 0.05) is 13.1 Å². The van der Waals surface area contributed by atoms with Gasteiger partial charge in [0.1, 0.15) is 0 Å². The molecular weight excluding hydrogens is 268 g/mol. The predicted molar refractivity (Wildman–Crippen MR) is 81.0 cm³/mol. The number of piperidine rings is 1. The molecule has 5 nitrogen and oxygen atoms in total. The Hall–Kier alpha value is -1.10. The number of hydrogen-bond acceptors (Lipinski definition) is 3. The smallest absolute Gasteiger partial charge is 0.311 e. The molecule has 0 spiro atoms. The van der Waals surface area contributed by atoms with Gasteiger partial charge in [0.15, 0.2) is 0 Å². The average Bonchev–Trinajstić information content (AvgIpc) is 2.93. The molecule has 21 heavy (non-hydrogen) atoms. The molecule has 0 aromatic carbocycles. The molecule has 1 atom stereocenters. The van der Waals surface area contributed by atoms with Gasteiger partial charge in [-0.3, -0.25) is 9.59 Å². The summed E-state index contributed by atoms with van der Waals surface area (Å²) < 4.78 is 0. The van der Waals surface area contributed by atoms with E-state index < -0.39 is 11.4 Å². The first-order valence-electron chi connectivity index (χ1n) is 8.23. The summed E-state index contributed by atoms with van der Waals surface area (Å²) in [7, 11) is 0. The highest BCUT2D eigenvalue weighted by Crippen LogP contribution is 2.40. The first kappa shape index (κ1) is 16.3. The van der Waals surface area contributed by atoms with Crippen molar-refractivity contribution < 1.29 is 14.7 Å². The Labute approximate surface area is 127 Å². The second-order valence-electron chi connectivity index (χ2n) is 6.70. The highest BCUT2D eigenvalue weighted by molar-refractivity contribution is 5.85. The predicted octanol–water partition coefficient (Wildman–Crippen LogP) is 1.87. The molecule has 2 saturated heterocycles. The van der Waals surface area contributed by atoms with E-state index in [2.05, 4.69) is 12.2 Å². The average molecular weight is 296 g/mol. The van der Waals surface area contributed by atoms with E-state index in [1.165, 1.54) is 0 Å². The Morgan fingerprint density at radius 1 is 1.14 bits per heavy atom. The van der Waals surface area contributed by atoms with Crippen LogP contribution in [0.3, 0.4) is 0 Å². The number of nitrogens with one attached hydrogen (secondary N) is 1. The van der Waals surface area contributed by atoms with E-state index in [1.807, 2.05) is 11.8 Å². The minimum absolute atomic E-state index is 0.186. The molecule has 0 aromatic heterocycles. The maximum Gasteiger partial charge on any atom is 0.311 e. The van der Waals surface area contributed by atoms with Crippen LogP contribution >= 0.6 is 0 Å². The number of amides is 1. The minimum Gasteiger partial charge on any atom is -0.481 e. The zero-order valence-electron chi connectivity index (χ0n) is 13.3. The molecule has 1 unspecified atom stereocenters. The van der Waals surface area contributed by atoms with Crippen LogP contribution in [0.25, 0.3) is 0 Å². The van der Waals surface area contributed by atoms with E-state index in [1.54, 1.807) is 0 Å². The number of nitrogens with zero attached hydrogens (tertiary/aromatic N) is 1. The van der Waals surface area contributed by atoms with Crippen molar-refractivity contribution in [1.29, 1.82) is 0 Å². The van der Waals surface area contributed by atoms with Crippen LogP contribution < -0.4 is 5.32 Å². The number of carboxylic acid groups (broad SMARTS) is 1. The summed E-state index contributed by atoms with van der Waals surface area (Å²) in [6, 6.07) is 0. The number of aliphatic carboxylic acids is 1. The van der Waals surface area contributed by atoms with Crippen molar-refractivity contribution in [2.45, 2.75) is 52.4 Å². The van der Waals surface area contributed by atoms with Gasteiger partial charge in [-0.1, -0.05) is 20.3 Å². The van der Waals surface area contributed by atoms with Gasteiger partial charge in [-0.2, -0.15) is 0 Å². The highest BCUT2D eigenvalue weighted by Gasteiger charge is 2.49. The lowest BCUT2D eigenvalue weighted by atomic mass is 9.75. The molecule has 0 aromatic rings. The summed E-state index contributed by atoms with van der Waals surface area (Å²) in [6.07, 6.45) is 4.68. The summed E-state index contributed by atoms with van der Waals surface area (Å²) in [5.74, 6) is -0.554. The minimum atomic E-state index is -0.740. The van der Waals surface area contributed by atoms with Gasteiger partial charge in [-0.05, 0) is 45.2 Å². The fourth-order valence-electron chi connectivity index (χ4n) is 3.97. The monoisotopic (exact) mass is 296 g/mol. The van der Waals surface area contributed by atoms with E-state index in [4.69, 9.17) is 0 Å². The summed E-state index contributed by atoms with van der Waals surface area (Å²) >= 11 is 0. The quantitative estimate of drug-likeness (QED) is 0.812. The first-order chi connectivity index (χ1) is 9.99. The Morgan fingerprint density at radius 2 is 1.81 bits per heavy atom. The summed E-state index contributed by atoms with van der Waals surface area (Å²) in [4.78, 5) is 26.5. The topological polar surface area (TPSA) is 69.6 Å². The molecular formula is C16H28N2O3. The second-order valence-corrected chi connectivity index (χ2v) is 6.70. The Kier molecular flexibility index (Phi) is 4.91. The highest BCUT2D eigenvalue weighted by atomic mass is 16.4. The maximum absolute atomic E-state index is 13.0. The van der Waals surface area contributed by atoms with Crippen LogP contribution in [0, 0.1) is 10.8 Å². The zero-order chi connectivity index (χ0) is 15.5. The van der Waals surface area contributed by atoms with Crippen molar-refractivity contribution in [3.63, 3.8) is 0 Å². The van der Waals surface area contributed by atoms with Crippen molar-refractivity contribution in [3.05, 3.63) is 0 Å². The number of carbonyl (C=O) groups excluding carboxylic acids is 1. The zero-order valence-corrected chi connectivity index (χ0v) is 13.3. The lowest BCUT2D eigenvalue weighted by Gasteiger charge is -2.38. The number of carboxylic acids is 1. The third-order valence-electron chi connectivity index (χ3n) is 5.51. The molecule has 0 radical (unpaired) electrons. The standard InChI is InChI=1S/C16H28N2O3/c1-3-5-16(14(20)21)8-11-18(12-16)13(19)15(4-2)6-9-17-10-7-15/h17H,3-12H2,1-2H3,(H,20,21). The van der Waals surface area contributed by atoms with Crippen LogP contribution in [0.15, 0.2) is 0 Å². The largest absolute Gasteiger partial charge is 0.481 e. The van der Waals surface area contributed by atoms with Gasteiger partial charge < -0.3 is 15.3 Å². The number of likely N-dealkylation sites (tertiary alicyclic amines) is 1. The molecule has 2 N–H and O–H groups in total. The normalized spacial score (nSPS) is 28.6. The molecule has 0 aliphatic carbocycles. The maximum atomic E-state index is 13.0. The molecule has 2 aliphatic heterocycles. The summed E-state index contributed by atoms with van der Waals surface area (Å²) in [6.45, 7) is 6.84. The van der Waals surface area contributed by atoms with E-state index in [9.17, 15) is 14.7 Å². The summed E-state index contributed by atoms with van der Waals surface area (Å²) in [5.41, 5.74) is -0.988. The molecule has 120 valence electrons. The fraction of sp³-hybridized carbons (Fsp3) is 0.875. The molecule has 2 aliphatic rings. The van der Waals surface area contributed by atoms with Crippen LogP contribution in [0.1, 0.15) is 52.4 Å². The van der Waals surface area contributed by atoms with E-state index in [-0.39, 0.29) is 11.3 Å². The fourth-order valence-corrected chi connectivity index (χ4v) is 3.97. The molecule has 0 saturated carbocycles. The van der Waals surface area contributed by atoms with Crippen LogP contribution in [0.5, 0.6) is 0 Å². The number of hydrogen-bond donors (Lipinski definition) is 2. The van der Waals surface area contributed by atoms with E-state index in [0.717, 1.165) is 38.8 Å².